The van der Waals surface area contributed by atoms with Gasteiger partial charge in [-0.1, -0.05) is 6.92 Å². The van der Waals surface area contributed by atoms with E-state index in [9.17, 15) is 14.7 Å². The SMILES string of the molecule is CC1CCN(C(=O)N2CCNCC2)C(C(=O)O)C1. The summed E-state index contributed by atoms with van der Waals surface area (Å²) in [4.78, 5) is 26.9. The van der Waals surface area contributed by atoms with Crippen LogP contribution in [0, 0.1) is 5.92 Å². The molecule has 2 fully saturated rings. The molecule has 2 rings (SSSR count). The van der Waals surface area contributed by atoms with E-state index in [1.807, 2.05) is 6.92 Å². The summed E-state index contributed by atoms with van der Waals surface area (Å²) in [5.41, 5.74) is 0. The lowest BCUT2D eigenvalue weighted by Crippen LogP contribution is -2.57. The largest absolute Gasteiger partial charge is 0.480 e. The fraction of sp³-hybridized carbons (Fsp3) is 0.833. The molecule has 2 unspecified atom stereocenters. The van der Waals surface area contributed by atoms with E-state index < -0.39 is 12.0 Å². The third-order valence-electron chi connectivity index (χ3n) is 3.78. The van der Waals surface area contributed by atoms with Crippen molar-refractivity contribution in [2.24, 2.45) is 5.92 Å². The lowest BCUT2D eigenvalue weighted by Gasteiger charge is -2.40. The molecule has 2 heterocycles. The van der Waals surface area contributed by atoms with Crippen molar-refractivity contribution in [3.05, 3.63) is 0 Å². The first kappa shape index (κ1) is 13.1. The molecular weight excluding hydrogens is 234 g/mol. The highest BCUT2D eigenvalue weighted by Crippen LogP contribution is 2.23. The number of amides is 2. The normalized spacial score (nSPS) is 29.2. The first-order chi connectivity index (χ1) is 8.59. The smallest absolute Gasteiger partial charge is 0.326 e. The average molecular weight is 255 g/mol. The average Bonchev–Trinajstić information content (AvgIpc) is 2.39. The van der Waals surface area contributed by atoms with Crippen LogP contribution in [0.3, 0.4) is 0 Å². The van der Waals surface area contributed by atoms with Gasteiger partial charge in [-0.25, -0.2) is 9.59 Å². The third kappa shape index (κ3) is 2.75. The van der Waals surface area contributed by atoms with E-state index in [2.05, 4.69) is 5.32 Å². The lowest BCUT2D eigenvalue weighted by atomic mass is 9.92. The molecule has 0 spiro atoms. The number of hydrogen-bond acceptors (Lipinski definition) is 3. The Kier molecular flexibility index (Phi) is 4.06. The number of carbonyl (C=O) groups is 2. The fourth-order valence-electron chi connectivity index (χ4n) is 2.64. The summed E-state index contributed by atoms with van der Waals surface area (Å²) in [5.74, 6) is -0.511. The van der Waals surface area contributed by atoms with Crippen molar-refractivity contribution in [1.29, 1.82) is 0 Å². The lowest BCUT2D eigenvalue weighted by molar-refractivity contribution is -0.144. The molecule has 0 aromatic carbocycles. The highest BCUT2D eigenvalue weighted by molar-refractivity contribution is 5.83. The van der Waals surface area contributed by atoms with Gasteiger partial charge in [0, 0.05) is 32.7 Å². The molecule has 2 N–H and O–H groups in total. The molecule has 2 saturated heterocycles. The minimum Gasteiger partial charge on any atom is -0.480 e. The topological polar surface area (TPSA) is 72.9 Å². The Bertz CT molecular complexity index is 329. The Labute approximate surface area is 107 Å². The van der Waals surface area contributed by atoms with Gasteiger partial charge in [-0.15, -0.1) is 0 Å². The molecule has 2 atom stereocenters. The maximum absolute atomic E-state index is 12.3. The molecule has 0 radical (unpaired) electrons. The summed E-state index contributed by atoms with van der Waals surface area (Å²) in [5, 5.41) is 12.4. The number of aliphatic carboxylic acids is 1. The summed E-state index contributed by atoms with van der Waals surface area (Å²) in [6.07, 6.45) is 1.45. The number of piperazine rings is 1. The van der Waals surface area contributed by atoms with Crippen LogP contribution in [0.25, 0.3) is 0 Å². The number of rotatable bonds is 1. The minimum atomic E-state index is -0.884. The minimum absolute atomic E-state index is 0.115. The second-order valence-electron chi connectivity index (χ2n) is 5.20. The van der Waals surface area contributed by atoms with Crippen molar-refractivity contribution >= 4 is 12.0 Å². The Balaban J connectivity index is 2.04. The number of piperidine rings is 1. The number of likely N-dealkylation sites (tertiary alicyclic amines) is 1. The van der Waals surface area contributed by atoms with Crippen LogP contribution in [0.1, 0.15) is 19.8 Å². The molecule has 2 amide bonds. The second kappa shape index (κ2) is 5.56. The number of carbonyl (C=O) groups excluding carboxylic acids is 1. The molecule has 0 saturated carbocycles. The molecule has 0 bridgehead atoms. The van der Waals surface area contributed by atoms with Gasteiger partial charge in [0.25, 0.3) is 0 Å². The maximum atomic E-state index is 12.3. The summed E-state index contributed by atoms with van der Waals surface area (Å²) >= 11 is 0. The van der Waals surface area contributed by atoms with Gasteiger partial charge < -0.3 is 20.2 Å². The summed E-state index contributed by atoms with van der Waals surface area (Å²) < 4.78 is 0. The van der Waals surface area contributed by atoms with E-state index in [-0.39, 0.29) is 6.03 Å². The van der Waals surface area contributed by atoms with Crippen molar-refractivity contribution in [2.75, 3.05) is 32.7 Å². The first-order valence-electron chi connectivity index (χ1n) is 6.58. The van der Waals surface area contributed by atoms with Crippen LogP contribution in [0.15, 0.2) is 0 Å². The molecule has 6 heteroatoms. The van der Waals surface area contributed by atoms with Crippen molar-refractivity contribution in [3.63, 3.8) is 0 Å². The zero-order valence-electron chi connectivity index (χ0n) is 10.8. The molecule has 0 aliphatic carbocycles. The molecule has 102 valence electrons. The van der Waals surface area contributed by atoms with Gasteiger partial charge in [0.15, 0.2) is 0 Å². The van der Waals surface area contributed by atoms with Gasteiger partial charge in [0.1, 0.15) is 6.04 Å². The second-order valence-corrected chi connectivity index (χ2v) is 5.20. The summed E-state index contributed by atoms with van der Waals surface area (Å²) in [6, 6.07) is -0.771. The predicted molar refractivity (Wildman–Crippen MR) is 66.4 cm³/mol. The Morgan fingerprint density at radius 2 is 1.89 bits per heavy atom. The number of carboxylic acids is 1. The molecule has 2 aliphatic heterocycles. The number of nitrogens with zero attached hydrogens (tertiary/aromatic N) is 2. The highest BCUT2D eigenvalue weighted by Gasteiger charge is 2.36. The molecule has 2 aliphatic rings. The standard InChI is InChI=1S/C12H21N3O3/c1-9-2-5-15(10(8-9)11(16)17)12(18)14-6-3-13-4-7-14/h9-10,13H,2-8H2,1H3,(H,16,17). The molecular formula is C12H21N3O3. The van der Waals surface area contributed by atoms with Crippen LogP contribution in [0.5, 0.6) is 0 Å². The molecule has 0 aromatic rings. The van der Waals surface area contributed by atoms with Gasteiger partial charge >= 0.3 is 12.0 Å². The van der Waals surface area contributed by atoms with Gasteiger partial charge in [0.05, 0.1) is 0 Å². The van der Waals surface area contributed by atoms with Crippen molar-refractivity contribution in [3.8, 4) is 0 Å². The van der Waals surface area contributed by atoms with E-state index in [0.717, 1.165) is 19.5 Å². The van der Waals surface area contributed by atoms with Crippen molar-refractivity contribution in [1.82, 2.24) is 15.1 Å². The van der Waals surface area contributed by atoms with E-state index in [1.165, 1.54) is 4.90 Å². The van der Waals surface area contributed by atoms with Crippen molar-refractivity contribution in [2.45, 2.75) is 25.8 Å². The van der Waals surface area contributed by atoms with Crippen LogP contribution in [0.4, 0.5) is 4.79 Å². The Hall–Kier alpha value is -1.30. The molecule has 0 aromatic heterocycles. The highest BCUT2D eigenvalue weighted by atomic mass is 16.4. The number of nitrogens with one attached hydrogen (secondary N) is 1. The van der Waals surface area contributed by atoms with E-state index in [4.69, 9.17) is 0 Å². The van der Waals surface area contributed by atoms with Gasteiger partial charge in [-0.3, -0.25) is 0 Å². The zero-order valence-corrected chi connectivity index (χ0v) is 10.8. The Morgan fingerprint density at radius 1 is 1.22 bits per heavy atom. The predicted octanol–water partition coefficient (Wildman–Crippen LogP) is 0.197. The van der Waals surface area contributed by atoms with Crippen LogP contribution >= 0.6 is 0 Å². The third-order valence-corrected chi connectivity index (χ3v) is 3.78. The number of hydrogen-bond donors (Lipinski definition) is 2. The number of urea groups is 1. The van der Waals surface area contributed by atoms with Gasteiger partial charge in [0.2, 0.25) is 0 Å². The molecule has 6 nitrogen and oxygen atoms in total. The van der Waals surface area contributed by atoms with Crippen LogP contribution in [0.2, 0.25) is 0 Å². The zero-order chi connectivity index (χ0) is 13.1. The van der Waals surface area contributed by atoms with Crippen molar-refractivity contribution < 1.29 is 14.7 Å². The van der Waals surface area contributed by atoms with E-state index >= 15 is 0 Å². The van der Waals surface area contributed by atoms with Crippen LogP contribution in [-0.2, 0) is 4.79 Å². The monoisotopic (exact) mass is 255 g/mol. The first-order valence-corrected chi connectivity index (χ1v) is 6.58. The van der Waals surface area contributed by atoms with Gasteiger partial charge in [-0.05, 0) is 18.8 Å². The van der Waals surface area contributed by atoms with E-state index in [1.54, 1.807) is 4.90 Å². The summed E-state index contributed by atoms with van der Waals surface area (Å²) in [7, 11) is 0. The fourth-order valence-corrected chi connectivity index (χ4v) is 2.64. The van der Waals surface area contributed by atoms with Gasteiger partial charge in [-0.2, -0.15) is 0 Å². The Morgan fingerprint density at radius 3 is 2.50 bits per heavy atom. The quantitative estimate of drug-likeness (QED) is 0.702. The summed E-state index contributed by atoms with van der Waals surface area (Å²) in [6.45, 7) is 5.50. The molecule has 18 heavy (non-hydrogen) atoms. The van der Waals surface area contributed by atoms with Crippen LogP contribution in [-0.4, -0.2) is 65.7 Å². The number of carboxylic acid groups (broad SMARTS) is 1. The maximum Gasteiger partial charge on any atom is 0.326 e. The van der Waals surface area contributed by atoms with Crippen LogP contribution < -0.4 is 5.32 Å². The van der Waals surface area contributed by atoms with E-state index in [0.29, 0.717) is 32.0 Å².